The summed E-state index contributed by atoms with van der Waals surface area (Å²) in [6.45, 7) is 0.462. The molecule has 3 atom stereocenters. The molecule has 1 aliphatic heterocycles. The number of hydrogen-bond donors (Lipinski definition) is 1. The fourth-order valence-electron chi connectivity index (χ4n) is 2.31. The van der Waals surface area contributed by atoms with Gasteiger partial charge in [0.15, 0.2) is 0 Å². The Bertz CT molecular complexity index is 482. The Morgan fingerprint density at radius 3 is 2.80 bits per heavy atom. The normalized spacial score (nSPS) is 25.9. The molecule has 0 spiro atoms. The van der Waals surface area contributed by atoms with Gasteiger partial charge in [-0.25, -0.2) is 0 Å². The van der Waals surface area contributed by atoms with E-state index in [2.05, 4.69) is 0 Å². The summed E-state index contributed by atoms with van der Waals surface area (Å²) in [5, 5.41) is 17.8. The molecule has 5 nitrogen and oxygen atoms in total. The van der Waals surface area contributed by atoms with Crippen molar-refractivity contribution in [2.24, 2.45) is 0 Å². The Hall–Kier alpha value is -1.90. The van der Waals surface area contributed by atoms with Crippen LogP contribution in [0.15, 0.2) is 30.3 Å². The lowest BCUT2D eigenvalue weighted by molar-refractivity contribution is -0.146. The molecule has 2 rings (SSSR count). The van der Waals surface area contributed by atoms with Crippen LogP contribution in [0, 0.1) is 11.3 Å². The van der Waals surface area contributed by atoms with E-state index in [4.69, 9.17) is 19.8 Å². The van der Waals surface area contributed by atoms with Crippen LogP contribution in [0.3, 0.4) is 0 Å². The number of rotatable bonds is 5. The number of ether oxygens (including phenoxy) is 2. The molecule has 1 aromatic carbocycles. The van der Waals surface area contributed by atoms with Crippen LogP contribution in [-0.4, -0.2) is 29.4 Å². The summed E-state index contributed by atoms with van der Waals surface area (Å²) in [4.78, 5) is 10.7. The molecule has 1 saturated heterocycles. The summed E-state index contributed by atoms with van der Waals surface area (Å²) in [5.41, 5.74) is 1.06. The minimum Gasteiger partial charge on any atom is -0.481 e. The van der Waals surface area contributed by atoms with Crippen molar-refractivity contribution in [3.8, 4) is 6.07 Å². The average molecular weight is 275 g/mol. The SMILES string of the molecule is N#C[C@H]1C[C@@H](OCc2ccccc2)C[C@@H](CC(=O)O)O1. The van der Waals surface area contributed by atoms with Crippen molar-refractivity contribution >= 4 is 5.97 Å². The standard InChI is InChI=1S/C15H17NO4/c16-9-14-7-12(6-13(20-14)8-15(17)18)19-10-11-4-2-1-3-5-11/h1-5,12-14H,6-8,10H2,(H,17,18)/t12-,13-,14+/m0/s1. The van der Waals surface area contributed by atoms with Crippen molar-refractivity contribution in [1.29, 1.82) is 5.26 Å². The molecule has 1 N–H and O–H groups in total. The second-order valence-electron chi connectivity index (χ2n) is 4.86. The molecule has 106 valence electrons. The first-order valence-corrected chi connectivity index (χ1v) is 6.59. The highest BCUT2D eigenvalue weighted by molar-refractivity contribution is 5.67. The van der Waals surface area contributed by atoms with E-state index in [1.807, 2.05) is 36.4 Å². The van der Waals surface area contributed by atoms with Crippen LogP contribution < -0.4 is 0 Å². The smallest absolute Gasteiger partial charge is 0.305 e. The lowest BCUT2D eigenvalue weighted by atomic mass is 9.99. The number of benzene rings is 1. The van der Waals surface area contributed by atoms with E-state index in [0.717, 1.165) is 5.56 Å². The number of carbonyl (C=O) groups is 1. The third-order valence-corrected chi connectivity index (χ3v) is 3.23. The topological polar surface area (TPSA) is 79.5 Å². The number of hydrogen-bond acceptors (Lipinski definition) is 4. The second kappa shape index (κ2) is 7.04. The Morgan fingerprint density at radius 2 is 2.15 bits per heavy atom. The van der Waals surface area contributed by atoms with Gasteiger partial charge in [0.25, 0.3) is 0 Å². The molecular formula is C15H17NO4. The lowest BCUT2D eigenvalue weighted by Crippen LogP contribution is -2.37. The Kier molecular flexibility index (Phi) is 5.10. The summed E-state index contributed by atoms with van der Waals surface area (Å²) in [7, 11) is 0. The van der Waals surface area contributed by atoms with Gasteiger partial charge in [-0.15, -0.1) is 0 Å². The zero-order chi connectivity index (χ0) is 14.4. The minimum atomic E-state index is -0.921. The Balaban J connectivity index is 1.89. The summed E-state index contributed by atoms with van der Waals surface area (Å²) in [5.74, 6) is -0.921. The number of carboxylic acid groups (broad SMARTS) is 1. The van der Waals surface area contributed by atoms with Crippen LogP contribution >= 0.6 is 0 Å². The van der Waals surface area contributed by atoms with Gasteiger partial charge in [0.1, 0.15) is 6.10 Å². The van der Waals surface area contributed by atoms with Crippen molar-refractivity contribution < 1.29 is 19.4 Å². The fraction of sp³-hybridized carbons (Fsp3) is 0.467. The van der Waals surface area contributed by atoms with Gasteiger partial charge in [-0.05, 0) is 5.56 Å². The molecular weight excluding hydrogens is 258 g/mol. The van der Waals surface area contributed by atoms with Gasteiger partial charge in [0.05, 0.1) is 31.3 Å². The van der Waals surface area contributed by atoms with Crippen molar-refractivity contribution in [2.75, 3.05) is 0 Å². The quantitative estimate of drug-likeness (QED) is 0.890. The van der Waals surface area contributed by atoms with E-state index in [9.17, 15) is 4.79 Å². The largest absolute Gasteiger partial charge is 0.481 e. The summed E-state index contributed by atoms with van der Waals surface area (Å²) >= 11 is 0. The minimum absolute atomic E-state index is 0.0939. The van der Waals surface area contributed by atoms with Crippen molar-refractivity contribution in [3.05, 3.63) is 35.9 Å². The molecule has 0 amide bonds. The molecule has 0 bridgehead atoms. The first-order valence-electron chi connectivity index (χ1n) is 6.59. The van der Waals surface area contributed by atoms with Gasteiger partial charge in [0.2, 0.25) is 0 Å². The van der Waals surface area contributed by atoms with Gasteiger partial charge < -0.3 is 14.6 Å². The highest BCUT2D eigenvalue weighted by atomic mass is 16.5. The van der Waals surface area contributed by atoms with Gasteiger partial charge in [-0.1, -0.05) is 30.3 Å². The molecule has 0 saturated carbocycles. The highest BCUT2D eigenvalue weighted by Crippen LogP contribution is 2.24. The molecule has 1 aliphatic rings. The van der Waals surface area contributed by atoms with Gasteiger partial charge in [-0.2, -0.15) is 5.26 Å². The Labute approximate surface area is 117 Å². The van der Waals surface area contributed by atoms with Gasteiger partial charge in [0, 0.05) is 12.8 Å². The summed E-state index contributed by atoms with van der Waals surface area (Å²) in [6, 6.07) is 11.8. The van der Waals surface area contributed by atoms with Crippen LogP contribution in [0.5, 0.6) is 0 Å². The zero-order valence-electron chi connectivity index (χ0n) is 11.1. The molecule has 1 aromatic rings. The third kappa shape index (κ3) is 4.34. The maximum atomic E-state index is 10.7. The maximum absolute atomic E-state index is 10.7. The predicted molar refractivity (Wildman–Crippen MR) is 70.8 cm³/mol. The fourth-order valence-corrected chi connectivity index (χ4v) is 2.31. The van der Waals surface area contributed by atoms with E-state index in [1.165, 1.54) is 0 Å². The molecule has 5 heteroatoms. The van der Waals surface area contributed by atoms with E-state index < -0.39 is 18.2 Å². The van der Waals surface area contributed by atoms with E-state index in [1.54, 1.807) is 0 Å². The second-order valence-corrected chi connectivity index (χ2v) is 4.86. The number of nitriles is 1. The van der Waals surface area contributed by atoms with E-state index in [0.29, 0.717) is 19.4 Å². The molecule has 0 radical (unpaired) electrons. The van der Waals surface area contributed by atoms with Crippen LogP contribution in [0.1, 0.15) is 24.8 Å². The van der Waals surface area contributed by atoms with Crippen LogP contribution in [0.2, 0.25) is 0 Å². The summed E-state index contributed by atoms with van der Waals surface area (Å²) < 4.78 is 11.2. The van der Waals surface area contributed by atoms with Crippen LogP contribution in [0.4, 0.5) is 0 Å². The number of aliphatic carboxylic acids is 1. The predicted octanol–water partition coefficient (Wildman–Crippen LogP) is 2.12. The van der Waals surface area contributed by atoms with Crippen molar-refractivity contribution in [2.45, 2.75) is 44.2 Å². The van der Waals surface area contributed by atoms with Crippen LogP contribution in [0.25, 0.3) is 0 Å². The monoisotopic (exact) mass is 275 g/mol. The summed E-state index contributed by atoms with van der Waals surface area (Å²) in [6.07, 6.45) is -0.279. The average Bonchev–Trinajstić information content (AvgIpc) is 2.45. The maximum Gasteiger partial charge on any atom is 0.305 e. The van der Waals surface area contributed by atoms with Gasteiger partial charge in [-0.3, -0.25) is 4.79 Å². The lowest BCUT2D eigenvalue weighted by Gasteiger charge is -2.31. The molecule has 0 aromatic heterocycles. The molecule has 0 unspecified atom stereocenters. The van der Waals surface area contributed by atoms with Gasteiger partial charge >= 0.3 is 5.97 Å². The van der Waals surface area contributed by atoms with Crippen LogP contribution in [-0.2, 0) is 20.9 Å². The molecule has 20 heavy (non-hydrogen) atoms. The van der Waals surface area contributed by atoms with E-state index in [-0.39, 0.29) is 12.5 Å². The van der Waals surface area contributed by atoms with E-state index >= 15 is 0 Å². The van der Waals surface area contributed by atoms with Crippen molar-refractivity contribution in [3.63, 3.8) is 0 Å². The Morgan fingerprint density at radius 1 is 1.40 bits per heavy atom. The number of carboxylic acids is 1. The molecule has 0 aliphatic carbocycles. The number of nitrogens with zero attached hydrogens (tertiary/aromatic N) is 1. The first kappa shape index (κ1) is 14.5. The first-order chi connectivity index (χ1) is 9.67. The highest BCUT2D eigenvalue weighted by Gasteiger charge is 2.31. The molecule has 1 heterocycles. The third-order valence-electron chi connectivity index (χ3n) is 3.23. The van der Waals surface area contributed by atoms with Crippen molar-refractivity contribution in [1.82, 2.24) is 0 Å². The zero-order valence-corrected chi connectivity index (χ0v) is 11.1. The molecule has 1 fully saturated rings.